The van der Waals surface area contributed by atoms with Gasteiger partial charge in [-0.25, -0.2) is 9.78 Å². The third-order valence-electron chi connectivity index (χ3n) is 3.26. The first-order chi connectivity index (χ1) is 11.6. The Balaban J connectivity index is 1.71. The zero-order valence-corrected chi connectivity index (χ0v) is 14.3. The molecular formula is C17H20N2O4S. The van der Waals surface area contributed by atoms with Gasteiger partial charge in [0.2, 0.25) is 5.91 Å². The largest absolute Gasteiger partial charge is 0.482 e. The molecule has 128 valence electrons. The predicted octanol–water partition coefficient (Wildman–Crippen LogP) is 2.07. The highest BCUT2D eigenvalue weighted by Gasteiger charge is 2.07. The van der Waals surface area contributed by atoms with E-state index < -0.39 is 5.97 Å². The van der Waals surface area contributed by atoms with Gasteiger partial charge >= 0.3 is 5.97 Å². The van der Waals surface area contributed by atoms with Crippen molar-refractivity contribution in [3.05, 3.63) is 45.9 Å². The molecule has 0 unspecified atom stereocenters. The zero-order valence-electron chi connectivity index (χ0n) is 13.4. The number of benzene rings is 1. The van der Waals surface area contributed by atoms with E-state index in [4.69, 9.17) is 9.84 Å². The van der Waals surface area contributed by atoms with Gasteiger partial charge in [-0.3, -0.25) is 4.79 Å². The number of aromatic nitrogens is 1. The van der Waals surface area contributed by atoms with E-state index in [1.807, 2.05) is 24.4 Å². The summed E-state index contributed by atoms with van der Waals surface area (Å²) in [4.78, 5) is 26.7. The third-order valence-corrected chi connectivity index (χ3v) is 4.31. The third kappa shape index (κ3) is 6.00. The Labute approximate surface area is 144 Å². The molecule has 1 aromatic carbocycles. The lowest BCUT2D eigenvalue weighted by atomic mass is 10.1. The Morgan fingerprint density at radius 2 is 2.04 bits per heavy atom. The molecule has 0 bridgehead atoms. The first-order valence-corrected chi connectivity index (χ1v) is 8.58. The number of carboxylic acid groups (broad SMARTS) is 1. The maximum Gasteiger partial charge on any atom is 0.341 e. The molecule has 0 radical (unpaired) electrons. The highest BCUT2D eigenvalue weighted by Crippen LogP contribution is 2.13. The molecule has 0 fully saturated rings. The Bertz CT molecular complexity index is 682. The number of carbonyl (C=O) groups excluding carboxylic acids is 1. The summed E-state index contributed by atoms with van der Waals surface area (Å²) in [6, 6.07) is 7.16. The number of ether oxygens (including phenoxy) is 1. The second-order valence-corrected chi connectivity index (χ2v) is 6.13. The van der Waals surface area contributed by atoms with Crippen LogP contribution in [0.3, 0.4) is 0 Å². The summed E-state index contributed by atoms with van der Waals surface area (Å²) in [7, 11) is 0. The smallest absolute Gasteiger partial charge is 0.341 e. The van der Waals surface area contributed by atoms with E-state index in [0.717, 1.165) is 22.7 Å². The van der Waals surface area contributed by atoms with Crippen molar-refractivity contribution in [2.24, 2.45) is 0 Å². The van der Waals surface area contributed by atoms with Crippen LogP contribution in [-0.2, 0) is 28.9 Å². The number of hydrogen-bond acceptors (Lipinski definition) is 5. The first kappa shape index (κ1) is 17.9. The van der Waals surface area contributed by atoms with Crippen LogP contribution in [0.25, 0.3) is 0 Å². The lowest BCUT2D eigenvalue weighted by Crippen LogP contribution is -2.27. The lowest BCUT2D eigenvalue weighted by molar-refractivity contribution is -0.139. The second kappa shape index (κ2) is 9.02. The number of nitrogens with one attached hydrogen (secondary N) is 1. The Hall–Kier alpha value is -2.41. The monoisotopic (exact) mass is 348 g/mol. The average molecular weight is 348 g/mol. The minimum atomic E-state index is -1.01. The minimum absolute atomic E-state index is 0.0376. The molecule has 7 heteroatoms. The van der Waals surface area contributed by atoms with E-state index in [9.17, 15) is 9.59 Å². The summed E-state index contributed by atoms with van der Waals surface area (Å²) in [5.41, 5.74) is 1.86. The van der Waals surface area contributed by atoms with Crippen LogP contribution in [0.4, 0.5) is 0 Å². The molecule has 1 aromatic heterocycles. The molecule has 2 aromatic rings. The highest BCUT2D eigenvalue weighted by atomic mass is 32.1. The minimum Gasteiger partial charge on any atom is -0.482 e. The molecule has 0 spiro atoms. The molecule has 24 heavy (non-hydrogen) atoms. The number of aliphatic carboxylic acids is 1. The van der Waals surface area contributed by atoms with Crippen LogP contribution < -0.4 is 10.1 Å². The van der Waals surface area contributed by atoms with Crippen molar-refractivity contribution in [3.8, 4) is 5.75 Å². The van der Waals surface area contributed by atoms with Crippen molar-refractivity contribution >= 4 is 23.2 Å². The van der Waals surface area contributed by atoms with E-state index in [1.54, 1.807) is 23.5 Å². The molecule has 2 N–H and O–H groups in total. The van der Waals surface area contributed by atoms with Crippen molar-refractivity contribution in [1.82, 2.24) is 10.3 Å². The summed E-state index contributed by atoms with van der Waals surface area (Å²) < 4.78 is 5.07. The van der Waals surface area contributed by atoms with Crippen molar-refractivity contribution in [2.45, 2.75) is 26.2 Å². The number of nitrogens with zero attached hydrogens (tertiary/aromatic N) is 1. The quantitative estimate of drug-likeness (QED) is 0.724. The fourth-order valence-electron chi connectivity index (χ4n) is 2.06. The van der Waals surface area contributed by atoms with E-state index in [1.165, 1.54) is 0 Å². The molecule has 1 heterocycles. The van der Waals surface area contributed by atoms with Gasteiger partial charge in [-0.15, -0.1) is 11.3 Å². The molecule has 6 nitrogen and oxygen atoms in total. The number of hydrogen-bond donors (Lipinski definition) is 2. The van der Waals surface area contributed by atoms with Crippen molar-refractivity contribution in [1.29, 1.82) is 0 Å². The molecule has 0 saturated carbocycles. The van der Waals surface area contributed by atoms with E-state index >= 15 is 0 Å². The topological polar surface area (TPSA) is 88.5 Å². The van der Waals surface area contributed by atoms with Gasteiger partial charge in [-0.1, -0.05) is 19.1 Å². The summed E-state index contributed by atoms with van der Waals surface area (Å²) >= 11 is 1.58. The zero-order chi connectivity index (χ0) is 17.4. The van der Waals surface area contributed by atoms with Crippen LogP contribution in [0.1, 0.15) is 23.2 Å². The van der Waals surface area contributed by atoms with Crippen molar-refractivity contribution < 1.29 is 19.4 Å². The number of amides is 1. The normalized spacial score (nSPS) is 10.4. The van der Waals surface area contributed by atoms with Crippen LogP contribution in [0.15, 0.2) is 29.6 Å². The second-order valence-electron chi connectivity index (χ2n) is 5.19. The van der Waals surface area contributed by atoms with Crippen LogP contribution in [0.2, 0.25) is 0 Å². The Morgan fingerprint density at radius 1 is 1.29 bits per heavy atom. The van der Waals surface area contributed by atoms with Gasteiger partial charge in [0.05, 0.1) is 17.1 Å². The fraction of sp³-hybridized carbons (Fsp3) is 0.353. The van der Waals surface area contributed by atoms with Gasteiger partial charge in [0, 0.05) is 11.9 Å². The SMILES string of the molecule is CCc1nc(CC(=O)NCCc2ccc(OCC(=O)O)cc2)cs1. The summed E-state index contributed by atoms with van der Waals surface area (Å²) in [5.74, 6) is -0.530. The standard InChI is InChI=1S/C17H20N2O4S/c1-2-16-19-13(11-24-16)9-15(20)18-8-7-12-3-5-14(6-4-12)23-10-17(21)22/h3-6,11H,2,7-10H2,1H3,(H,18,20)(H,21,22). The maximum absolute atomic E-state index is 11.9. The number of carbonyl (C=O) groups is 2. The molecule has 1 amide bonds. The first-order valence-electron chi connectivity index (χ1n) is 7.70. The molecule has 0 aliphatic rings. The van der Waals surface area contributed by atoms with Gasteiger partial charge in [0.1, 0.15) is 5.75 Å². The van der Waals surface area contributed by atoms with Crippen molar-refractivity contribution in [2.75, 3.05) is 13.2 Å². The molecule has 0 aliphatic heterocycles. The van der Waals surface area contributed by atoms with Crippen LogP contribution >= 0.6 is 11.3 Å². The van der Waals surface area contributed by atoms with Crippen LogP contribution in [0, 0.1) is 0 Å². The van der Waals surface area contributed by atoms with E-state index in [2.05, 4.69) is 10.3 Å². The van der Waals surface area contributed by atoms with Crippen LogP contribution in [-0.4, -0.2) is 35.1 Å². The number of aryl methyl sites for hydroxylation is 1. The summed E-state index contributed by atoms with van der Waals surface area (Å²) in [6.45, 7) is 2.23. The van der Waals surface area contributed by atoms with Crippen LogP contribution in [0.5, 0.6) is 5.75 Å². The van der Waals surface area contributed by atoms with E-state index in [-0.39, 0.29) is 12.5 Å². The molecule has 0 atom stereocenters. The lowest BCUT2D eigenvalue weighted by Gasteiger charge is -2.06. The molecule has 0 aliphatic carbocycles. The number of rotatable bonds is 9. The summed E-state index contributed by atoms with van der Waals surface area (Å²) in [6.07, 6.45) is 1.89. The number of carboxylic acids is 1. The highest BCUT2D eigenvalue weighted by molar-refractivity contribution is 7.09. The van der Waals surface area contributed by atoms with Gasteiger partial charge in [-0.2, -0.15) is 0 Å². The average Bonchev–Trinajstić information content (AvgIpc) is 3.01. The van der Waals surface area contributed by atoms with Gasteiger partial charge in [0.15, 0.2) is 6.61 Å². The maximum atomic E-state index is 11.9. The van der Waals surface area contributed by atoms with Crippen molar-refractivity contribution in [3.63, 3.8) is 0 Å². The van der Waals surface area contributed by atoms with Gasteiger partial charge in [-0.05, 0) is 30.5 Å². The summed E-state index contributed by atoms with van der Waals surface area (Å²) in [5, 5.41) is 14.4. The Kier molecular flexibility index (Phi) is 6.74. The van der Waals surface area contributed by atoms with E-state index in [0.29, 0.717) is 25.1 Å². The van der Waals surface area contributed by atoms with Gasteiger partial charge in [0.25, 0.3) is 0 Å². The van der Waals surface area contributed by atoms with Gasteiger partial charge < -0.3 is 15.2 Å². The molecular weight excluding hydrogens is 328 g/mol. The molecule has 0 saturated heterocycles. The predicted molar refractivity (Wildman–Crippen MR) is 91.5 cm³/mol. The fourth-order valence-corrected chi connectivity index (χ4v) is 2.81. The number of thiazole rings is 1. The molecule has 2 rings (SSSR count). The Morgan fingerprint density at radius 3 is 2.67 bits per heavy atom.